The molecule has 0 aromatic rings. The maximum atomic E-state index is 11.0. The molecule has 0 amide bonds. The van der Waals surface area contributed by atoms with Crippen LogP contribution in [0.15, 0.2) is 12.7 Å². The van der Waals surface area contributed by atoms with Gasteiger partial charge in [0.1, 0.15) is 0 Å². The molecule has 4 heteroatoms. The Kier molecular flexibility index (Phi) is 5.47. The molecule has 11 heavy (non-hydrogen) atoms. The normalized spacial score (nSPS) is 15.8. The first-order valence-corrected chi connectivity index (χ1v) is 5.46. The van der Waals surface area contributed by atoms with Crippen LogP contribution in [0.25, 0.3) is 0 Å². The molecule has 0 saturated carbocycles. The van der Waals surface area contributed by atoms with E-state index >= 15 is 0 Å². The van der Waals surface area contributed by atoms with Crippen LogP contribution in [0, 0.1) is 0 Å². The van der Waals surface area contributed by atoms with Gasteiger partial charge in [0.25, 0.3) is 0 Å². The Hall–Kier alpha value is -0.110. The molecule has 0 aliphatic heterocycles. The molecule has 0 aromatic carbocycles. The van der Waals surface area contributed by atoms with Crippen molar-refractivity contribution in [3.05, 3.63) is 12.7 Å². The van der Waals surface area contributed by atoms with Gasteiger partial charge in [-0.1, -0.05) is 19.4 Å². The lowest BCUT2D eigenvalue weighted by Crippen LogP contribution is -1.94. The highest BCUT2D eigenvalue weighted by molar-refractivity contribution is 7.52. The molecule has 66 valence electrons. The fourth-order valence-corrected chi connectivity index (χ4v) is 1.77. The van der Waals surface area contributed by atoms with E-state index in [0.717, 1.165) is 12.8 Å². The van der Waals surface area contributed by atoms with E-state index in [2.05, 4.69) is 11.1 Å². The van der Waals surface area contributed by atoms with Crippen molar-refractivity contribution in [2.45, 2.75) is 19.8 Å². The van der Waals surface area contributed by atoms with Crippen molar-refractivity contribution in [2.75, 3.05) is 12.8 Å². The third-order valence-electron chi connectivity index (χ3n) is 1.19. The number of unbranched alkanes of at least 4 members (excludes halogenated alkanes) is 1. The van der Waals surface area contributed by atoms with Gasteiger partial charge in [0.05, 0.1) is 6.61 Å². The second-order valence-corrected chi connectivity index (χ2v) is 4.28. The minimum Gasteiger partial charge on any atom is -0.324 e. The van der Waals surface area contributed by atoms with Gasteiger partial charge in [0.2, 0.25) is 0 Å². The summed E-state index contributed by atoms with van der Waals surface area (Å²) in [6.45, 7) is 5.50. The summed E-state index contributed by atoms with van der Waals surface area (Å²) in [5.74, 6) is 0. The van der Waals surface area contributed by atoms with E-state index in [1.807, 2.05) is 6.92 Å². The summed E-state index contributed by atoms with van der Waals surface area (Å²) in [6, 6.07) is 0. The van der Waals surface area contributed by atoms with E-state index in [9.17, 15) is 4.57 Å². The Balaban J connectivity index is 3.61. The van der Waals surface area contributed by atoms with E-state index in [-0.39, 0.29) is 12.8 Å². The summed E-state index contributed by atoms with van der Waals surface area (Å²) in [7, 11) is -3.30. The third kappa shape index (κ3) is 6.29. The standard InChI is InChI=1S/C7H15O3P/c1-3-5-7-11(8,9)10-6-4-2/h4H,2-3,5-7H2,1H3,(H,8,9). The van der Waals surface area contributed by atoms with Crippen molar-refractivity contribution in [3.63, 3.8) is 0 Å². The lowest BCUT2D eigenvalue weighted by molar-refractivity contribution is 0.286. The predicted octanol–water partition coefficient (Wildman–Crippen LogP) is 2.17. The van der Waals surface area contributed by atoms with Crippen LogP contribution in [-0.4, -0.2) is 17.7 Å². The van der Waals surface area contributed by atoms with Crippen LogP contribution >= 0.6 is 7.60 Å². The molecule has 0 spiro atoms. The predicted molar refractivity (Wildman–Crippen MR) is 45.7 cm³/mol. The first kappa shape index (κ1) is 10.9. The maximum absolute atomic E-state index is 11.0. The molecule has 0 aromatic heterocycles. The zero-order valence-electron chi connectivity index (χ0n) is 6.82. The average Bonchev–Trinajstić information content (AvgIpc) is 1.97. The van der Waals surface area contributed by atoms with Crippen molar-refractivity contribution in [1.82, 2.24) is 0 Å². The van der Waals surface area contributed by atoms with Gasteiger partial charge in [0.15, 0.2) is 0 Å². The van der Waals surface area contributed by atoms with Crippen molar-refractivity contribution in [3.8, 4) is 0 Å². The highest BCUT2D eigenvalue weighted by atomic mass is 31.2. The Morgan fingerprint density at radius 3 is 2.82 bits per heavy atom. The van der Waals surface area contributed by atoms with Crippen molar-refractivity contribution in [2.24, 2.45) is 0 Å². The summed E-state index contributed by atoms with van der Waals surface area (Å²) in [4.78, 5) is 9.06. The lowest BCUT2D eigenvalue weighted by atomic mass is 10.4. The highest BCUT2D eigenvalue weighted by Crippen LogP contribution is 2.42. The second kappa shape index (κ2) is 5.53. The van der Waals surface area contributed by atoms with Gasteiger partial charge in [-0.05, 0) is 6.42 Å². The monoisotopic (exact) mass is 178 g/mol. The third-order valence-corrected chi connectivity index (χ3v) is 2.62. The summed E-state index contributed by atoms with van der Waals surface area (Å²) in [6.07, 6.45) is 3.35. The van der Waals surface area contributed by atoms with Crippen molar-refractivity contribution in [1.29, 1.82) is 0 Å². The van der Waals surface area contributed by atoms with Crippen LogP contribution in [0.2, 0.25) is 0 Å². The van der Waals surface area contributed by atoms with E-state index in [0.29, 0.717) is 0 Å². The number of hydrogen-bond acceptors (Lipinski definition) is 2. The molecule has 0 fully saturated rings. The summed E-state index contributed by atoms with van der Waals surface area (Å²) < 4.78 is 15.7. The first-order valence-electron chi connectivity index (χ1n) is 3.69. The molecule has 0 aliphatic rings. The van der Waals surface area contributed by atoms with Gasteiger partial charge >= 0.3 is 7.60 Å². The van der Waals surface area contributed by atoms with Gasteiger partial charge in [-0.25, -0.2) is 0 Å². The summed E-state index contributed by atoms with van der Waals surface area (Å²) in [5.41, 5.74) is 0. The summed E-state index contributed by atoms with van der Waals surface area (Å²) >= 11 is 0. The fraction of sp³-hybridized carbons (Fsp3) is 0.714. The second-order valence-electron chi connectivity index (χ2n) is 2.30. The van der Waals surface area contributed by atoms with Crippen LogP contribution in [0.5, 0.6) is 0 Å². The molecule has 0 radical (unpaired) electrons. The van der Waals surface area contributed by atoms with E-state index < -0.39 is 7.60 Å². The van der Waals surface area contributed by atoms with Crippen molar-refractivity contribution < 1.29 is 14.0 Å². The van der Waals surface area contributed by atoms with Crippen molar-refractivity contribution >= 4 is 7.60 Å². The van der Waals surface area contributed by atoms with E-state index in [4.69, 9.17) is 4.89 Å². The maximum Gasteiger partial charge on any atom is 0.328 e. The van der Waals surface area contributed by atoms with Crippen LogP contribution in [0.4, 0.5) is 0 Å². The fourth-order valence-electron chi connectivity index (χ4n) is 0.592. The molecule has 0 saturated heterocycles. The quantitative estimate of drug-likeness (QED) is 0.500. The molecular weight excluding hydrogens is 163 g/mol. The zero-order chi connectivity index (χ0) is 8.74. The first-order chi connectivity index (χ1) is 5.12. The summed E-state index contributed by atoms with van der Waals surface area (Å²) in [5, 5.41) is 0. The Labute approximate surface area is 67.6 Å². The SMILES string of the molecule is C=CCOP(=O)(O)CCCC. The van der Waals surface area contributed by atoms with Gasteiger partial charge in [-0.15, -0.1) is 6.58 Å². The molecular formula is C7H15O3P. The van der Waals surface area contributed by atoms with E-state index in [1.165, 1.54) is 6.08 Å². The molecule has 0 aliphatic carbocycles. The van der Waals surface area contributed by atoms with Gasteiger partial charge < -0.3 is 9.42 Å². The van der Waals surface area contributed by atoms with Crippen LogP contribution < -0.4 is 0 Å². The van der Waals surface area contributed by atoms with Gasteiger partial charge in [0, 0.05) is 6.16 Å². The Morgan fingerprint density at radius 1 is 1.73 bits per heavy atom. The van der Waals surface area contributed by atoms with Crippen LogP contribution in [0.3, 0.4) is 0 Å². The van der Waals surface area contributed by atoms with Crippen LogP contribution in [0.1, 0.15) is 19.8 Å². The molecule has 1 atom stereocenters. The minimum atomic E-state index is -3.30. The van der Waals surface area contributed by atoms with Gasteiger partial charge in [-0.3, -0.25) is 4.57 Å². The van der Waals surface area contributed by atoms with Gasteiger partial charge in [-0.2, -0.15) is 0 Å². The smallest absolute Gasteiger partial charge is 0.324 e. The zero-order valence-corrected chi connectivity index (χ0v) is 7.72. The molecule has 1 unspecified atom stereocenters. The van der Waals surface area contributed by atoms with Crippen LogP contribution in [-0.2, 0) is 9.09 Å². The Bertz CT molecular complexity index is 156. The average molecular weight is 178 g/mol. The lowest BCUT2D eigenvalue weighted by Gasteiger charge is -2.08. The molecule has 0 rings (SSSR count). The minimum absolute atomic E-state index is 0.150. The Morgan fingerprint density at radius 2 is 2.36 bits per heavy atom. The highest BCUT2D eigenvalue weighted by Gasteiger charge is 2.16. The molecule has 0 bridgehead atoms. The topological polar surface area (TPSA) is 46.5 Å². The largest absolute Gasteiger partial charge is 0.328 e. The van der Waals surface area contributed by atoms with E-state index in [1.54, 1.807) is 0 Å². The number of hydrogen-bond donors (Lipinski definition) is 1. The number of rotatable bonds is 6. The molecule has 0 heterocycles. The molecule has 1 N–H and O–H groups in total. The molecule has 3 nitrogen and oxygen atoms in total.